The van der Waals surface area contributed by atoms with Crippen LogP contribution < -0.4 is 21.1 Å². The zero-order chi connectivity index (χ0) is 34.2. The Hall–Kier alpha value is -3.90. The topological polar surface area (TPSA) is 166 Å². The van der Waals surface area contributed by atoms with Crippen molar-refractivity contribution in [2.75, 3.05) is 26.2 Å². The van der Waals surface area contributed by atoms with Crippen molar-refractivity contribution in [1.82, 2.24) is 20.4 Å². The molecule has 46 heavy (non-hydrogen) atoms. The molecule has 5 amide bonds. The normalized spacial score (nSPS) is 18.6. The van der Waals surface area contributed by atoms with Gasteiger partial charge in [0.1, 0.15) is 29.3 Å². The fourth-order valence-electron chi connectivity index (χ4n) is 5.78. The number of halogens is 1. The third-order valence-electron chi connectivity index (χ3n) is 8.56. The van der Waals surface area contributed by atoms with E-state index in [9.17, 15) is 24.6 Å². The second-order valence-electron chi connectivity index (χ2n) is 13.7. The molecule has 0 spiro atoms. The summed E-state index contributed by atoms with van der Waals surface area (Å²) in [6, 6.07) is 2.17. The molecule has 2 aliphatic heterocycles. The Bertz CT molecular complexity index is 1260. The number of hydrogen-bond donors (Lipinski definition) is 3. The minimum Gasteiger partial charge on any atom is -0.493 e. The first-order valence-corrected chi connectivity index (χ1v) is 16.2. The highest BCUT2D eigenvalue weighted by Gasteiger charge is 2.37. The summed E-state index contributed by atoms with van der Waals surface area (Å²) >= 11 is 0. The Morgan fingerprint density at radius 1 is 1.09 bits per heavy atom. The summed E-state index contributed by atoms with van der Waals surface area (Å²) in [5, 5.41) is 15.0. The number of primary amides is 1. The number of amides is 5. The number of urea groups is 1. The molecule has 1 aromatic carbocycles. The number of nitrogens with one attached hydrogen (secondary N) is 2. The van der Waals surface area contributed by atoms with Crippen LogP contribution in [0.1, 0.15) is 79.2 Å². The van der Waals surface area contributed by atoms with Crippen LogP contribution >= 0.6 is 0 Å². The Morgan fingerprint density at radius 2 is 1.76 bits per heavy atom. The number of hydrogen-bond acceptors (Lipinski definition) is 6. The number of likely N-dealkylation sites (tertiary alicyclic amines) is 2. The van der Waals surface area contributed by atoms with Gasteiger partial charge in [0.25, 0.3) is 0 Å². The van der Waals surface area contributed by atoms with Crippen LogP contribution in [0.4, 0.5) is 14.0 Å². The van der Waals surface area contributed by atoms with Crippen LogP contribution in [0.3, 0.4) is 0 Å². The molecule has 3 rings (SSSR count). The lowest BCUT2D eigenvalue weighted by atomic mass is 9.84. The fourth-order valence-corrected chi connectivity index (χ4v) is 5.78. The van der Waals surface area contributed by atoms with E-state index in [2.05, 4.69) is 17.6 Å². The Balaban J connectivity index is 1.55. The highest BCUT2D eigenvalue weighted by atomic mass is 19.1. The van der Waals surface area contributed by atoms with E-state index in [0.29, 0.717) is 56.7 Å². The molecular weight excluding hydrogens is 595 g/mol. The van der Waals surface area contributed by atoms with E-state index in [1.165, 1.54) is 17.0 Å². The van der Waals surface area contributed by atoms with Gasteiger partial charge < -0.3 is 41.1 Å². The minimum absolute atomic E-state index is 0.0340. The number of amidine groups is 1. The molecule has 0 unspecified atom stereocenters. The third-order valence-corrected chi connectivity index (χ3v) is 8.56. The molecule has 256 valence electrons. The number of nitrogens with zero attached hydrogens (tertiary/aromatic N) is 3. The van der Waals surface area contributed by atoms with E-state index in [0.717, 1.165) is 19.3 Å². The summed E-state index contributed by atoms with van der Waals surface area (Å²) in [6.45, 7) is 12.7. The summed E-state index contributed by atoms with van der Waals surface area (Å²) in [5.41, 5.74) is 4.88. The number of alkyl carbamates (subject to hydrolysis) is 1. The van der Waals surface area contributed by atoms with E-state index in [4.69, 9.17) is 15.2 Å². The summed E-state index contributed by atoms with van der Waals surface area (Å²) in [7, 11) is 0. The molecule has 1 aromatic rings. The van der Waals surface area contributed by atoms with Crippen molar-refractivity contribution in [3.8, 4) is 5.75 Å². The lowest BCUT2D eigenvalue weighted by Crippen LogP contribution is -2.54. The first-order chi connectivity index (χ1) is 21.6. The maximum absolute atomic E-state index is 15.3. The van der Waals surface area contributed by atoms with Crippen molar-refractivity contribution in [1.29, 1.82) is 0 Å². The van der Waals surface area contributed by atoms with Gasteiger partial charge >= 0.3 is 6.09 Å². The van der Waals surface area contributed by atoms with Crippen molar-refractivity contribution in [3.63, 3.8) is 0 Å². The van der Waals surface area contributed by atoms with Crippen molar-refractivity contribution in [2.24, 2.45) is 23.5 Å². The summed E-state index contributed by atoms with van der Waals surface area (Å²) in [4.78, 5) is 53.4. The third kappa shape index (κ3) is 10.6. The van der Waals surface area contributed by atoms with Crippen LogP contribution in [-0.2, 0) is 20.7 Å². The van der Waals surface area contributed by atoms with Gasteiger partial charge in [0, 0.05) is 32.1 Å². The Morgan fingerprint density at radius 3 is 2.35 bits per heavy atom. The van der Waals surface area contributed by atoms with Crippen molar-refractivity contribution in [3.05, 3.63) is 35.0 Å². The highest BCUT2D eigenvalue weighted by molar-refractivity contribution is 6.00. The number of piperidine rings is 1. The molecule has 2 saturated heterocycles. The second kappa shape index (κ2) is 16.1. The SMILES string of the molecule is CC(C)C(=[N-])NC(=O)N1CCC([C@H](C)CCOc2ccc(C[C@H](NC(=O)OC(C)(C)C)C(=O)N3CCC[C@H]3C(N)=O)c(F)c2)CC1. The van der Waals surface area contributed by atoms with Crippen molar-refractivity contribution < 1.29 is 33.0 Å². The van der Waals surface area contributed by atoms with E-state index < -0.39 is 41.4 Å². The molecule has 0 aromatic heterocycles. The molecule has 0 radical (unpaired) electrons. The zero-order valence-corrected chi connectivity index (χ0v) is 27.9. The van der Waals surface area contributed by atoms with Gasteiger partial charge in [-0.2, -0.15) is 0 Å². The van der Waals surface area contributed by atoms with Crippen LogP contribution in [-0.4, -0.2) is 83.5 Å². The van der Waals surface area contributed by atoms with E-state index in [-0.39, 0.29) is 29.8 Å². The molecule has 0 saturated carbocycles. The lowest BCUT2D eigenvalue weighted by molar-refractivity contribution is -0.139. The zero-order valence-electron chi connectivity index (χ0n) is 27.9. The smallest absolute Gasteiger partial charge is 0.408 e. The minimum atomic E-state index is -1.17. The molecular formula is C33H50FN6O6-. The Kier molecular flexibility index (Phi) is 12.8. The van der Waals surface area contributed by atoms with Gasteiger partial charge in [-0.05, 0) is 82.3 Å². The van der Waals surface area contributed by atoms with Crippen molar-refractivity contribution in [2.45, 2.75) is 97.8 Å². The van der Waals surface area contributed by atoms with Gasteiger partial charge in [-0.3, -0.25) is 14.4 Å². The van der Waals surface area contributed by atoms with Crippen LogP contribution in [0.2, 0.25) is 0 Å². The monoisotopic (exact) mass is 645 g/mol. The maximum atomic E-state index is 15.3. The van der Waals surface area contributed by atoms with Crippen LogP contribution in [0, 0.1) is 23.6 Å². The van der Waals surface area contributed by atoms with E-state index in [1.54, 1.807) is 45.6 Å². The molecule has 2 heterocycles. The van der Waals surface area contributed by atoms with Crippen molar-refractivity contribution >= 4 is 29.8 Å². The molecule has 3 atom stereocenters. The molecule has 12 nitrogen and oxygen atoms in total. The van der Waals surface area contributed by atoms with Crippen LogP contribution in [0.25, 0.3) is 5.41 Å². The van der Waals surface area contributed by atoms with Gasteiger partial charge in [0.2, 0.25) is 17.8 Å². The van der Waals surface area contributed by atoms with Crippen LogP contribution in [0.5, 0.6) is 5.75 Å². The molecule has 0 bridgehead atoms. The molecule has 0 aliphatic carbocycles. The fraction of sp³-hybridized carbons (Fsp3) is 0.667. The first kappa shape index (κ1) is 36.6. The predicted octanol–water partition coefficient (Wildman–Crippen LogP) is 4.19. The summed E-state index contributed by atoms with van der Waals surface area (Å²) in [6.07, 6.45) is 2.47. The largest absolute Gasteiger partial charge is 0.493 e. The van der Waals surface area contributed by atoms with E-state index in [1.807, 2.05) is 0 Å². The lowest BCUT2D eigenvalue weighted by Gasteiger charge is -2.37. The van der Waals surface area contributed by atoms with Gasteiger partial charge in [0.15, 0.2) is 0 Å². The number of carbonyl (C=O) groups excluding carboxylic acids is 4. The second-order valence-corrected chi connectivity index (χ2v) is 13.7. The highest BCUT2D eigenvalue weighted by Crippen LogP contribution is 2.28. The quantitative estimate of drug-likeness (QED) is 0.241. The summed E-state index contributed by atoms with van der Waals surface area (Å²) in [5.74, 6) is -0.847. The number of ether oxygens (including phenoxy) is 2. The predicted molar refractivity (Wildman–Crippen MR) is 172 cm³/mol. The van der Waals surface area contributed by atoms with Gasteiger partial charge in [-0.1, -0.05) is 32.7 Å². The summed E-state index contributed by atoms with van der Waals surface area (Å²) < 4.78 is 26.5. The molecule has 13 heteroatoms. The number of nitrogens with two attached hydrogens (primary N) is 1. The average Bonchev–Trinajstić information content (AvgIpc) is 3.47. The molecule has 2 fully saturated rings. The number of rotatable bonds is 11. The maximum Gasteiger partial charge on any atom is 0.408 e. The number of benzene rings is 1. The standard InChI is InChI=1S/C33H50FN6O6/c1-20(2)28(35)38-31(43)39-15-11-22(12-16-39)21(3)13-17-45-24-10-9-23(25(34)19-24)18-26(37-32(44)46-33(4,5)6)30(42)40-14-7-8-27(40)29(36)41/h9-10,19-22,26-27H,7-8,11-18H2,1-6H3,(H4-,35,36,37,38,41,43,44)/q-1/t21-,26+,27+/m1/s1. The Labute approximate surface area is 271 Å². The van der Waals surface area contributed by atoms with Gasteiger partial charge in [-0.15, -0.1) is 0 Å². The van der Waals surface area contributed by atoms with Crippen LogP contribution in [0.15, 0.2) is 18.2 Å². The van der Waals surface area contributed by atoms with Gasteiger partial charge in [-0.25, -0.2) is 9.18 Å². The first-order valence-electron chi connectivity index (χ1n) is 16.2. The van der Waals surface area contributed by atoms with Gasteiger partial charge in [0.05, 0.1) is 6.61 Å². The number of carbonyl (C=O) groups is 4. The average molecular weight is 646 g/mol. The van der Waals surface area contributed by atoms with E-state index >= 15 is 4.39 Å². The molecule has 4 N–H and O–H groups in total. The molecule has 2 aliphatic rings.